The number of hydrogen-bond donors (Lipinski definition) is 0. The van der Waals surface area contributed by atoms with Gasteiger partial charge in [-0.3, -0.25) is 0 Å². The zero-order valence-electron chi connectivity index (χ0n) is 14.3. The molecule has 1 aromatic rings. The van der Waals surface area contributed by atoms with Gasteiger partial charge in [0, 0.05) is 5.56 Å². The van der Waals surface area contributed by atoms with Gasteiger partial charge in [-0.15, -0.1) is 0 Å². The van der Waals surface area contributed by atoms with Crippen molar-refractivity contribution in [2.45, 2.75) is 49.4 Å². The second kappa shape index (κ2) is 5.86. The Morgan fingerprint density at radius 1 is 1.07 bits per heavy atom. The van der Waals surface area contributed by atoms with Crippen molar-refractivity contribution in [1.29, 1.82) is 0 Å². The summed E-state index contributed by atoms with van der Waals surface area (Å²) in [4.78, 5) is 11.3. The van der Waals surface area contributed by atoms with E-state index in [2.05, 4.69) is 4.18 Å². The summed E-state index contributed by atoms with van der Waals surface area (Å²) in [6, 6.07) is 3.26. The van der Waals surface area contributed by atoms with Gasteiger partial charge in [0.1, 0.15) is 5.75 Å². The van der Waals surface area contributed by atoms with Crippen molar-refractivity contribution in [3.8, 4) is 5.75 Å². The SMILES string of the molecule is O=C([O-])c1ccc(OS(=O)(=O)C(F)(F)F)c(C23CC4CC(CC(C4)C2)C3)c1. The van der Waals surface area contributed by atoms with E-state index in [0.717, 1.165) is 31.4 Å². The van der Waals surface area contributed by atoms with E-state index >= 15 is 0 Å². The smallest absolute Gasteiger partial charge is 0.534 e. The van der Waals surface area contributed by atoms with E-state index < -0.39 is 32.8 Å². The molecule has 9 heteroatoms. The fraction of sp³-hybridized carbons (Fsp3) is 0.611. The lowest BCUT2D eigenvalue weighted by molar-refractivity contribution is -0.255. The minimum Gasteiger partial charge on any atom is -0.545 e. The minimum absolute atomic E-state index is 0.197. The van der Waals surface area contributed by atoms with Crippen LogP contribution >= 0.6 is 0 Å². The lowest BCUT2D eigenvalue weighted by atomic mass is 9.48. The molecule has 5 rings (SSSR count). The molecule has 5 nitrogen and oxygen atoms in total. The van der Waals surface area contributed by atoms with Gasteiger partial charge in [-0.05, 0) is 85.5 Å². The highest BCUT2D eigenvalue weighted by Crippen LogP contribution is 2.62. The Bertz CT molecular complexity index is 855. The number of hydrogen-bond acceptors (Lipinski definition) is 5. The molecule has 0 heterocycles. The summed E-state index contributed by atoms with van der Waals surface area (Å²) in [6.07, 6.45) is 5.32. The third-order valence-electron chi connectivity index (χ3n) is 6.31. The molecule has 1 aromatic carbocycles. The quantitative estimate of drug-likeness (QED) is 0.570. The van der Waals surface area contributed by atoms with Gasteiger partial charge in [0.15, 0.2) is 0 Å². The molecule has 0 spiro atoms. The van der Waals surface area contributed by atoms with E-state index in [1.807, 2.05) is 0 Å². The van der Waals surface area contributed by atoms with Gasteiger partial charge in [0.25, 0.3) is 0 Å². The molecular formula is C18H18F3O5S-. The Labute approximate surface area is 154 Å². The monoisotopic (exact) mass is 403 g/mol. The van der Waals surface area contributed by atoms with Crippen LogP contribution in [0.4, 0.5) is 13.2 Å². The number of aromatic carboxylic acids is 1. The second-order valence-corrected chi connectivity index (χ2v) is 9.72. The van der Waals surface area contributed by atoms with Crippen LogP contribution < -0.4 is 9.29 Å². The lowest BCUT2D eigenvalue weighted by Crippen LogP contribution is -2.48. The zero-order chi connectivity index (χ0) is 19.6. The van der Waals surface area contributed by atoms with Crippen molar-refractivity contribution in [2.75, 3.05) is 0 Å². The summed E-state index contributed by atoms with van der Waals surface area (Å²) in [6.45, 7) is 0. The molecule has 0 radical (unpaired) electrons. The average molecular weight is 403 g/mol. The number of carboxylic acids is 1. The zero-order valence-corrected chi connectivity index (χ0v) is 15.1. The lowest BCUT2D eigenvalue weighted by Gasteiger charge is -2.57. The number of alkyl halides is 3. The fourth-order valence-electron chi connectivity index (χ4n) is 5.75. The van der Waals surface area contributed by atoms with Gasteiger partial charge in [0.05, 0.1) is 5.97 Å². The van der Waals surface area contributed by atoms with Crippen molar-refractivity contribution in [3.63, 3.8) is 0 Å². The highest BCUT2D eigenvalue weighted by Gasteiger charge is 2.54. The summed E-state index contributed by atoms with van der Waals surface area (Å²) < 4.78 is 66.0. The number of halogens is 3. The van der Waals surface area contributed by atoms with E-state index in [1.54, 1.807) is 0 Å². The maximum Gasteiger partial charge on any atom is 0.534 e. The molecular weight excluding hydrogens is 385 g/mol. The number of carbonyl (C=O) groups excluding carboxylic acids is 1. The number of carboxylic acid groups (broad SMARTS) is 1. The molecule has 4 saturated carbocycles. The maximum atomic E-state index is 12.8. The third-order valence-corrected chi connectivity index (χ3v) is 7.27. The first-order valence-corrected chi connectivity index (χ1v) is 10.3. The molecule has 148 valence electrons. The molecule has 4 bridgehead atoms. The van der Waals surface area contributed by atoms with E-state index in [1.165, 1.54) is 6.07 Å². The van der Waals surface area contributed by atoms with Crippen LogP contribution in [0.2, 0.25) is 0 Å². The van der Waals surface area contributed by atoms with E-state index in [4.69, 9.17) is 0 Å². The van der Waals surface area contributed by atoms with Crippen LogP contribution in [0, 0.1) is 17.8 Å². The van der Waals surface area contributed by atoms with Crippen LogP contribution in [0.15, 0.2) is 18.2 Å². The number of rotatable bonds is 4. The molecule has 0 N–H and O–H groups in total. The standard InChI is InChI=1S/C18H19F3O5S/c19-18(20,21)27(24,25)26-15-2-1-13(16(22)23)6-14(15)17-7-10-3-11(8-17)5-12(4-10)9-17/h1-2,6,10-12H,3-5,7-9H2,(H,22,23)/p-1. The van der Waals surface area contributed by atoms with Crippen LogP contribution in [0.5, 0.6) is 5.75 Å². The van der Waals surface area contributed by atoms with Crippen molar-refractivity contribution in [2.24, 2.45) is 17.8 Å². The summed E-state index contributed by atoms with van der Waals surface area (Å²) in [7, 11) is -5.84. The first kappa shape index (κ1) is 18.6. The van der Waals surface area contributed by atoms with Crippen molar-refractivity contribution in [1.82, 2.24) is 0 Å². The Balaban J connectivity index is 1.81. The molecule has 27 heavy (non-hydrogen) atoms. The number of benzene rings is 1. The van der Waals surface area contributed by atoms with Gasteiger partial charge >= 0.3 is 15.6 Å². The van der Waals surface area contributed by atoms with Gasteiger partial charge < -0.3 is 14.1 Å². The molecule has 0 aliphatic heterocycles. The maximum absolute atomic E-state index is 12.8. The predicted molar refractivity (Wildman–Crippen MR) is 86.2 cm³/mol. The van der Waals surface area contributed by atoms with Crippen LogP contribution in [-0.4, -0.2) is 19.9 Å². The molecule has 4 aliphatic carbocycles. The summed E-state index contributed by atoms with van der Waals surface area (Å²) >= 11 is 0. The molecule has 4 fully saturated rings. The normalized spacial score (nSPS) is 32.5. The molecule has 0 amide bonds. The minimum atomic E-state index is -5.84. The number of carbonyl (C=O) groups is 1. The van der Waals surface area contributed by atoms with Crippen molar-refractivity contribution < 1.29 is 35.7 Å². The van der Waals surface area contributed by atoms with E-state index in [9.17, 15) is 31.5 Å². The first-order chi connectivity index (χ1) is 12.5. The average Bonchev–Trinajstić information content (AvgIpc) is 2.52. The van der Waals surface area contributed by atoms with Crippen LogP contribution in [0.25, 0.3) is 0 Å². The van der Waals surface area contributed by atoms with E-state index in [-0.39, 0.29) is 11.1 Å². The summed E-state index contributed by atoms with van der Waals surface area (Å²) in [5.41, 5.74) is -6.05. The summed E-state index contributed by atoms with van der Waals surface area (Å²) in [5.74, 6) is -0.620. The highest BCUT2D eigenvalue weighted by atomic mass is 32.2. The van der Waals surface area contributed by atoms with Crippen molar-refractivity contribution >= 4 is 16.1 Å². The Kier molecular flexibility index (Phi) is 4.04. The van der Waals surface area contributed by atoms with E-state index in [0.29, 0.717) is 37.0 Å². The van der Waals surface area contributed by atoms with Gasteiger partial charge in [-0.1, -0.05) is 0 Å². The molecule has 0 aromatic heterocycles. The van der Waals surface area contributed by atoms with Crippen LogP contribution in [0.1, 0.15) is 54.4 Å². The highest BCUT2D eigenvalue weighted by molar-refractivity contribution is 7.88. The van der Waals surface area contributed by atoms with Gasteiger partial charge in [-0.2, -0.15) is 21.6 Å². The largest absolute Gasteiger partial charge is 0.545 e. The first-order valence-electron chi connectivity index (χ1n) is 8.86. The topological polar surface area (TPSA) is 83.5 Å². The Hall–Kier alpha value is -1.77. The third kappa shape index (κ3) is 3.09. The second-order valence-electron chi connectivity index (χ2n) is 8.18. The Morgan fingerprint density at radius 2 is 1.59 bits per heavy atom. The molecule has 4 aliphatic rings. The fourth-order valence-corrected chi connectivity index (χ4v) is 6.23. The van der Waals surface area contributed by atoms with Crippen LogP contribution in [0.3, 0.4) is 0 Å². The Morgan fingerprint density at radius 3 is 2.04 bits per heavy atom. The van der Waals surface area contributed by atoms with Gasteiger partial charge in [0.2, 0.25) is 0 Å². The van der Waals surface area contributed by atoms with Crippen LogP contribution in [-0.2, 0) is 15.5 Å². The molecule has 0 unspecified atom stereocenters. The van der Waals surface area contributed by atoms with Crippen molar-refractivity contribution in [3.05, 3.63) is 29.3 Å². The summed E-state index contributed by atoms with van der Waals surface area (Å²) in [5, 5.41) is 11.3. The van der Waals surface area contributed by atoms with Gasteiger partial charge in [-0.25, -0.2) is 0 Å². The molecule has 0 atom stereocenters. The molecule has 0 saturated heterocycles. The predicted octanol–water partition coefficient (Wildman–Crippen LogP) is 2.75.